The van der Waals surface area contributed by atoms with Gasteiger partial charge in [0, 0.05) is 44.2 Å². The highest BCUT2D eigenvalue weighted by atomic mass is 16.5. The third kappa shape index (κ3) is 5.13. The number of para-hydroxylation sites is 1. The Bertz CT molecular complexity index is 1540. The van der Waals surface area contributed by atoms with Gasteiger partial charge in [-0.05, 0) is 29.7 Å². The Morgan fingerprint density at radius 2 is 1.87 bits per heavy atom. The predicted molar refractivity (Wildman–Crippen MR) is 145 cm³/mol. The van der Waals surface area contributed by atoms with Crippen LogP contribution in [0.25, 0.3) is 10.9 Å². The average Bonchev–Trinajstić information content (AvgIpc) is 2.92. The van der Waals surface area contributed by atoms with E-state index in [0.717, 1.165) is 30.4 Å². The summed E-state index contributed by atoms with van der Waals surface area (Å²) in [6.45, 7) is 1.96. The van der Waals surface area contributed by atoms with Crippen molar-refractivity contribution in [3.63, 3.8) is 0 Å². The van der Waals surface area contributed by atoms with Gasteiger partial charge in [0.05, 0.1) is 31.5 Å². The van der Waals surface area contributed by atoms with E-state index >= 15 is 0 Å². The first-order valence-electron chi connectivity index (χ1n) is 12.6. The highest BCUT2D eigenvalue weighted by Crippen LogP contribution is 2.39. The van der Waals surface area contributed by atoms with Crippen LogP contribution in [-0.4, -0.2) is 48.7 Å². The lowest BCUT2D eigenvalue weighted by Crippen LogP contribution is -2.30. The number of anilines is 1. The van der Waals surface area contributed by atoms with Crippen molar-refractivity contribution in [3.05, 3.63) is 99.1 Å². The normalized spacial score (nSPS) is 14.2. The number of pyridine rings is 1. The fraction of sp³-hybridized carbons (Fsp3) is 0.300. The summed E-state index contributed by atoms with van der Waals surface area (Å²) in [5.41, 5.74) is 3.48. The number of rotatable bonds is 7. The highest BCUT2D eigenvalue weighted by Gasteiger charge is 2.30. The lowest BCUT2D eigenvalue weighted by molar-refractivity contribution is -0.140. The second-order valence-electron chi connectivity index (χ2n) is 9.84. The van der Waals surface area contributed by atoms with Crippen LogP contribution in [0.15, 0.2) is 69.9 Å². The van der Waals surface area contributed by atoms with Crippen LogP contribution in [0.1, 0.15) is 40.5 Å². The molecule has 0 fully saturated rings. The van der Waals surface area contributed by atoms with Gasteiger partial charge in [-0.3, -0.25) is 14.5 Å². The number of esters is 1. The molecular weight excluding hydrogens is 482 g/mol. The Kier molecular flexibility index (Phi) is 7.15. The van der Waals surface area contributed by atoms with Crippen molar-refractivity contribution in [1.82, 2.24) is 9.88 Å². The van der Waals surface area contributed by atoms with Crippen molar-refractivity contribution in [2.24, 2.45) is 0 Å². The summed E-state index contributed by atoms with van der Waals surface area (Å²) in [5.74, 6) is -0.713. The van der Waals surface area contributed by atoms with E-state index < -0.39 is 23.1 Å². The molecule has 0 saturated heterocycles. The number of nitrogens with zero attached hydrogens (tertiary/aromatic N) is 3. The van der Waals surface area contributed by atoms with E-state index in [0.29, 0.717) is 23.7 Å². The van der Waals surface area contributed by atoms with Crippen molar-refractivity contribution in [2.75, 3.05) is 32.6 Å². The van der Waals surface area contributed by atoms with Crippen molar-refractivity contribution in [3.8, 4) is 5.75 Å². The number of carbonyl (C=O) groups excluding carboxylic acids is 1. The SMILES string of the molecule is COC(=O)C[C@H](c1cc2ccccc2nc1N(C)C)c1oc(CN2CCc3ccccc3C2)cc(=O)c1O. The van der Waals surface area contributed by atoms with Crippen LogP contribution in [0.2, 0.25) is 0 Å². The molecule has 3 heterocycles. The lowest BCUT2D eigenvalue weighted by atomic mass is 9.91. The minimum absolute atomic E-state index is 0.0375. The van der Waals surface area contributed by atoms with E-state index in [1.54, 1.807) is 0 Å². The summed E-state index contributed by atoms with van der Waals surface area (Å²) in [4.78, 5) is 34.4. The van der Waals surface area contributed by atoms with Gasteiger partial charge >= 0.3 is 5.97 Å². The Morgan fingerprint density at radius 3 is 2.63 bits per heavy atom. The maximum Gasteiger partial charge on any atom is 0.306 e. The molecule has 0 saturated carbocycles. The summed E-state index contributed by atoms with van der Waals surface area (Å²) in [5, 5.41) is 11.8. The number of aromatic hydroxyl groups is 1. The van der Waals surface area contributed by atoms with E-state index in [9.17, 15) is 14.7 Å². The maximum absolute atomic E-state index is 13.0. The molecular formula is C30H31N3O5. The van der Waals surface area contributed by atoms with Crippen LogP contribution < -0.4 is 10.3 Å². The molecule has 4 aromatic rings. The minimum Gasteiger partial charge on any atom is -0.502 e. The lowest BCUT2D eigenvalue weighted by Gasteiger charge is -2.28. The Labute approximate surface area is 221 Å². The Balaban J connectivity index is 1.58. The minimum atomic E-state index is -0.785. The Morgan fingerprint density at radius 1 is 1.13 bits per heavy atom. The summed E-state index contributed by atoms with van der Waals surface area (Å²) >= 11 is 0. The molecule has 0 radical (unpaired) electrons. The zero-order valence-corrected chi connectivity index (χ0v) is 21.8. The third-order valence-electron chi connectivity index (χ3n) is 7.04. The standard InChI is InChI=1S/C30H31N3O5/c1-32(2)30-24(14-20-9-6-7-11-25(20)31-30)23(16-27(35)37-3)29-28(36)26(34)15-22(38-29)18-33-13-12-19-8-4-5-10-21(19)17-33/h4-11,14-15,23,36H,12-13,16-18H2,1-3H3/t23-/m1/s1. The molecule has 5 rings (SSSR count). The van der Waals surface area contributed by atoms with E-state index in [1.807, 2.05) is 61.5 Å². The maximum atomic E-state index is 13.0. The number of hydrogen-bond acceptors (Lipinski definition) is 8. The van der Waals surface area contributed by atoms with E-state index in [-0.39, 0.29) is 12.2 Å². The van der Waals surface area contributed by atoms with Crippen molar-refractivity contribution in [2.45, 2.75) is 31.8 Å². The van der Waals surface area contributed by atoms with Crippen LogP contribution in [0.3, 0.4) is 0 Å². The van der Waals surface area contributed by atoms with Gasteiger partial charge in [-0.2, -0.15) is 0 Å². The molecule has 8 heteroatoms. The third-order valence-corrected chi connectivity index (χ3v) is 7.04. The molecule has 2 aromatic heterocycles. The van der Waals surface area contributed by atoms with Gasteiger partial charge in [0.25, 0.3) is 0 Å². The molecule has 38 heavy (non-hydrogen) atoms. The largest absolute Gasteiger partial charge is 0.502 e. The van der Waals surface area contributed by atoms with Crippen LogP contribution in [0.4, 0.5) is 5.82 Å². The number of benzene rings is 2. The number of methoxy groups -OCH3 is 1. The molecule has 2 aromatic carbocycles. The number of ether oxygens (including phenoxy) is 1. The molecule has 1 N–H and O–H groups in total. The first-order chi connectivity index (χ1) is 18.3. The van der Waals surface area contributed by atoms with Crippen LogP contribution in [0, 0.1) is 0 Å². The van der Waals surface area contributed by atoms with E-state index in [1.165, 1.54) is 24.3 Å². The van der Waals surface area contributed by atoms with Gasteiger partial charge in [-0.1, -0.05) is 42.5 Å². The molecule has 0 bridgehead atoms. The number of hydrogen-bond donors (Lipinski definition) is 1. The molecule has 8 nitrogen and oxygen atoms in total. The van der Waals surface area contributed by atoms with Crippen LogP contribution in [0.5, 0.6) is 5.75 Å². The quantitative estimate of drug-likeness (QED) is 0.367. The van der Waals surface area contributed by atoms with Crippen molar-refractivity contribution < 1.29 is 19.1 Å². The van der Waals surface area contributed by atoms with E-state index in [4.69, 9.17) is 14.1 Å². The second-order valence-corrected chi connectivity index (χ2v) is 9.84. The predicted octanol–water partition coefficient (Wildman–Crippen LogP) is 4.21. The summed E-state index contributed by atoms with van der Waals surface area (Å²) in [6, 6.07) is 19.3. The van der Waals surface area contributed by atoms with Crippen molar-refractivity contribution in [1.29, 1.82) is 0 Å². The monoisotopic (exact) mass is 513 g/mol. The van der Waals surface area contributed by atoms with Gasteiger partial charge in [0.2, 0.25) is 11.2 Å². The van der Waals surface area contributed by atoms with Gasteiger partial charge < -0.3 is 19.2 Å². The van der Waals surface area contributed by atoms with Crippen LogP contribution >= 0.6 is 0 Å². The highest BCUT2D eigenvalue weighted by molar-refractivity contribution is 5.83. The van der Waals surface area contributed by atoms with E-state index in [2.05, 4.69) is 17.0 Å². The average molecular weight is 514 g/mol. The van der Waals surface area contributed by atoms with Gasteiger partial charge in [-0.25, -0.2) is 4.98 Å². The zero-order valence-electron chi connectivity index (χ0n) is 21.8. The summed E-state index contributed by atoms with van der Waals surface area (Å²) in [7, 11) is 5.03. The fourth-order valence-electron chi connectivity index (χ4n) is 5.11. The van der Waals surface area contributed by atoms with Gasteiger partial charge in [0.1, 0.15) is 11.6 Å². The molecule has 196 valence electrons. The van der Waals surface area contributed by atoms with Crippen molar-refractivity contribution >= 4 is 22.7 Å². The molecule has 1 aliphatic rings. The number of aromatic nitrogens is 1. The summed E-state index contributed by atoms with van der Waals surface area (Å²) in [6.07, 6.45) is 0.777. The van der Waals surface area contributed by atoms with Gasteiger partial charge in [-0.15, -0.1) is 0 Å². The fourth-order valence-corrected chi connectivity index (χ4v) is 5.11. The summed E-state index contributed by atoms with van der Waals surface area (Å²) < 4.78 is 11.2. The van der Waals surface area contributed by atoms with Crippen LogP contribution in [-0.2, 0) is 29.0 Å². The Hall–Kier alpha value is -4.17. The topological polar surface area (TPSA) is 96.1 Å². The smallest absolute Gasteiger partial charge is 0.306 e. The number of fused-ring (bicyclic) bond motifs is 2. The molecule has 1 aliphatic heterocycles. The molecule has 0 amide bonds. The molecule has 0 aliphatic carbocycles. The molecule has 0 spiro atoms. The second kappa shape index (κ2) is 10.7. The molecule has 1 atom stereocenters. The first kappa shape index (κ1) is 25.5. The first-order valence-corrected chi connectivity index (χ1v) is 12.6. The zero-order chi connectivity index (χ0) is 26.8. The molecule has 0 unspecified atom stereocenters. The number of carbonyl (C=O) groups is 1. The van der Waals surface area contributed by atoms with Gasteiger partial charge in [0.15, 0.2) is 5.76 Å².